The van der Waals surface area contributed by atoms with Crippen LogP contribution >= 0.6 is 0 Å². The third-order valence-corrected chi connectivity index (χ3v) is 4.92. The Morgan fingerprint density at radius 1 is 1.05 bits per heavy atom. The Morgan fingerprint density at radius 3 is 2.77 bits per heavy atom. The normalized spacial score (nSPS) is 24.4. The van der Waals surface area contributed by atoms with E-state index in [0.29, 0.717) is 6.04 Å². The molecule has 0 aromatic carbocycles. The SMILES string of the molecule is Cc1cc(N2CCC3CCN(c4ccccn4)CC32)ncn1. The molecule has 114 valence electrons. The summed E-state index contributed by atoms with van der Waals surface area (Å²) in [5.74, 6) is 2.93. The monoisotopic (exact) mass is 295 g/mol. The number of anilines is 2. The molecule has 2 atom stereocenters. The van der Waals surface area contributed by atoms with Gasteiger partial charge in [0.05, 0.1) is 6.04 Å². The van der Waals surface area contributed by atoms with Gasteiger partial charge in [-0.15, -0.1) is 0 Å². The largest absolute Gasteiger partial charge is 0.355 e. The highest BCUT2D eigenvalue weighted by Crippen LogP contribution is 2.35. The molecule has 2 fully saturated rings. The first-order valence-electron chi connectivity index (χ1n) is 8.02. The van der Waals surface area contributed by atoms with E-state index >= 15 is 0 Å². The Hall–Kier alpha value is -2.17. The molecule has 0 bridgehead atoms. The highest BCUT2D eigenvalue weighted by molar-refractivity contribution is 5.46. The van der Waals surface area contributed by atoms with Crippen LogP contribution in [0.1, 0.15) is 18.5 Å². The first-order valence-corrected chi connectivity index (χ1v) is 8.02. The van der Waals surface area contributed by atoms with Gasteiger partial charge >= 0.3 is 0 Å². The van der Waals surface area contributed by atoms with Crippen molar-refractivity contribution in [2.24, 2.45) is 5.92 Å². The average molecular weight is 295 g/mol. The molecule has 2 aromatic heterocycles. The molecular weight excluding hydrogens is 274 g/mol. The first-order chi connectivity index (χ1) is 10.8. The summed E-state index contributed by atoms with van der Waals surface area (Å²) in [5.41, 5.74) is 1.03. The van der Waals surface area contributed by atoms with Gasteiger partial charge < -0.3 is 9.80 Å². The second kappa shape index (κ2) is 5.55. The van der Waals surface area contributed by atoms with Crippen LogP contribution in [0.4, 0.5) is 11.6 Å². The lowest BCUT2D eigenvalue weighted by Gasteiger charge is -2.39. The summed E-state index contributed by atoms with van der Waals surface area (Å²) in [6.45, 7) is 5.27. The van der Waals surface area contributed by atoms with Crippen molar-refractivity contribution >= 4 is 11.6 Å². The van der Waals surface area contributed by atoms with Crippen LogP contribution in [0.2, 0.25) is 0 Å². The van der Waals surface area contributed by atoms with Gasteiger partial charge in [-0.2, -0.15) is 0 Å². The molecule has 4 heterocycles. The van der Waals surface area contributed by atoms with E-state index in [0.717, 1.165) is 42.9 Å². The molecule has 2 aliphatic heterocycles. The van der Waals surface area contributed by atoms with Gasteiger partial charge in [-0.1, -0.05) is 6.07 Å². The lowest BCUT2D eigenvalue weighted by molar-refractivity contribution is 0.388. The minimum atomic E-state index is 0.532. The molecule has 22 heavy (non-hydrogen) atoms. The number of fused-ring (bicyclic) bond motifs is 1. The molecule has 2 aliphatic rings. The summed E-state index contributed by atoms with van der Waals surface area (Å²) in [7, 11) is 0. The summed E-state index contributed by atoms with van der Waals surface area (Å²) in [6.07, 6.45) is 6.06. The topological polar surface area (TPSA) is 45.2 Å². The Balaban J connectivity index is 1.57. The predicted molar refractivity (Wildman–Crippen MR) is 87.1 cm³/mol. The fraction of sp³-hybridized carbons (Fsp3) is 0.471. The van der Waals surface area contributed by atoms with Gasteiger partial charge in [0.15, 0.2) is 0 Å². The van der Waals surface area contributed by atoms with E-state index in [2.05, 4.69) is 43.0 Å². The predicted octanol–water partition coefficient (Wildman–Crippen LogP) is 2.29. The third-order valence-electron chi connectivity index (χ3n) is 4.92. The summed E-state index contributed by atoms with van der Waals surface area (Å²) in [4.78, 5) is 18.1. The number of hydrogen-bond donors (Lipinski definition) is 0. The zero-order chi connectivity index (χ0) is 14.9. The molecule has 0 saturated carbocycles. The summed E-state index contributed by atoms with van der Waals surface area (Å²) < 4.78 is 0. The Bertz CT molecular complexity index is 645. The van der Waals surface area contributed by atoms with Gasteiger partial charge in [-0.05, 0) is 37.8 Å². The van der Waals surface area contributed by atoms with Gasteiger partial charge in [0.1, 0.15) is 18.0 Å². The summed E-state index contributed by atoms with van der Waals surface area (Å²) >= 11 is 0. The molecule has 2 unspecified atom stereocenters. The molecule has 0 N–H and O–H groups in total. The highest BCUT2D eigenvalue weighted by atomic mass is 15.3. The Kier molecular flexibility index (Phi) is 3.41. The van der Waals surface area contributed by atoms with E-state index in [1.165, 1.54) is 12.8 Å². The van der Waals surface area contributed by atoms with Crippen molar-refractivity contribution in [3.05, 3.63) is 42.5 Å². The van der Waals surface area contributed by atoms with E-state index in [4.69, 9.17) is 0 Å². The van der Waals surface area contributed by atoms with Crippen LogP contribution < -0.4 is 9.80 Å². The summed E-state index contributed by atoms with van der Waals surface area (Å²) in [5, 5.41) is 0. The molecule has 4 rings (SSSR count). The Morgan fingerprint density at radius 2 is 1.95 bits per heavy atom. The lowest BCUT2D eigenvalue weighted by atomic mass is 9.92. The Labute approximate surface area is 131 Å². The van der Waals surface area contributed by atoms with Crippen LogP contribution in [0.3, 0.4) is 0 Å². The van der Waals surface area contributed by atoms with E-state index in [-0.39, 0.29) is 0 Å². The van der Waals surface area contributed by atoms with Crippen molar-refractivity contribution in [1.82, 2.24) is 15.0 Å². The molecule has 0 radical (unpaired) electrons. The minimum absolute atomic E-state index is 0.532. The fourth-order valence-corrected chi connectivity index (χ4v) is 3.77. The second-order valence-corrected chi connectivity index (χ2v) is 6.25. The van der Waals surface area contributed by atoms with Crippen LogP contribution in [0, 0.1) is 12.8 Å². The van der Waals surface area contributed by atoms with Gasteiger partial charge in [0.2, 0.25) is 0 Å². The molecular formula is C17H21N5. The van der Waals surface area contributed by atoms with Crippen molar-refractivity contribution in [2.75, 3.05) is 29.4 Å². The van der Waals surface area contributed by atoms with Crippen molar-refractivity contribution in [1.29, 1.82) is 0 Å². The fourth-order valence-electron chi connectivity index (χ4n) is 3.77. The molecule has 0 aliphatic carbocycles. The zero-order valence-corrected chi connectivity index (χ0v) is 12.9. The van der Waals surface area contributed by atoms with Crippen molar-refractivity contribution in [2.45, 2.75) is 25.8 Å². The number of piperidine rings is 1. The second-order valence-electron chi connectivity index (χ2n) is 6.25. The van der Waals surface area contributed by atoms with Gasteiger partial charge in [0.25, 0.3) is 0 Å². The van der Waals surface area contributed by atoms with E-state index in [9.17, 15) is 0 Å². The number of aryl methyl sites for hydroxylation is 1. The van der Waals surface area contributed by atoms with Crippen LogP contribution in [-0.2, 0) is 0 Å². The molecule has 2 saturated heterocycles. The van der Waals surface area contributed by atoms with Gasteiger partial charge in [-0.25, -0.2) is 15.0 Å². The minimum Gasteiger partial charge on any atom is -0.355 e. The van der Waals surface area contributed by atoms with Crippen LogP contribution in [-0.4, -0.2) is 40.6 Å². The standard InChI is InChI=1S/C17H21N5/c1-13-10-17(20-12-19-13)22-9-6-14-5-8-21(11-15(14)22)16-4-2-3-7-18-16/h2-4,7,10,12,14-15H,5-6,8-9,11H2,1H3. The zero-order valence-electron chi connectivity index (χ0n) is 12.9. The van der Waals surface area contributed by atoms with E-state index in [1.54, 1.807) is 6.33 Å². The maximum absolute atomic E-state index is 4.51. The van der Waals surface area contributed by atoms with E-state index in [1.807, 2.05) is 19.2 Å². The van der Waals surface area contributed by atoms with E-state index < -0.39 is 0 Å². The number of nitrogens with zero attached hydrogens (tertiary/aromatic N) is 5. The number of hydrogen-bond acceptors (Lipinski definition) is 5. The maximum Gasteiger partial charge on any atom is 0.132 e. The van der Waals surface area contributed by atoms with Crippen LogP contribution in [0.15, 0.2) is 36.8 Å². The molecule has 5 heteroatoms. The average Bonchev–Trinajstić information content (AvgIpc) is 2.99. The molecule has 2 aromatic rings. The smallest absolute Gasteiger partial charge is 0.132 e. The molecule has 0 amide bonds. The van der Waals surface area contributed by atoms with Gasteiger partial charge in [0, 0.05) is 37.6 Å². The van der Waals surface area contributed by atoms with Crippen LogP contribution in [0.5, 0.6) is 0 Å². The number of pyridine rings is 1. The van der Waals surface area contributed by atoms with Gasteiger partial charge in [-0.3, -0.25) is 0 Å². The van der Waals surface area contributed by atoms with Crippen LogP contribution in [0.25, 0.3) is 0 Å². The summed E-state index contributed by atoms with van der Waals surface area (Å²) in [6, 6.07) is 8.78. The number of rotatable bonds is 2. The third kappa shape index (κ3) is 2.40. The van der Waals surface area contributed by atoms with Crippen molar-refractivity contribution in [3.63, 3.8) is 0 Å². The molecule has 5 nitrogen and oxygen atoms in total. The highest BCUT2D eigenvalue weighted by Gasteiger charge is 2.39. The lowest BCUT2D eigenvalue weighted by Crippen LogP contribution is -2.48. The number of aromatic nitrogens is 3. The van der Waals surface area contributed by atoms with Crippen molar-refractivity contribution in [3.8, 4) is 0 Å². The quantitative estimate of drug-likeness (QED) is 0.850. The first kappa shape index (κ1) is 13.5. The van der Waals surface area contributed by atoms with Crippen molar-refractivity contribution < 1.29 is 0 Å². The maximum atomic E-state index is 4.51. The molecule has 0 spiro atoms.